The second-order valence-electron chi connectivity index (χ2n) is 9.65. The van der Waals surface area contributed by atoms with Gasteiger partial charge in [-0.05, 0) is 31.4 Å². The molecule has 0 radical (unpaired) electrons. The maximum Gasteiger partial charge on any atom is 0.311 e. The molecule has 0 aliphatic carbocycles. The third-order valence-corrected chi connectivity index (χ3v) is 6.36. The number of hydrogen-bond acceptors (Lipinski definition) is 3. The van der Waals surface area contributed by atoms with E-state index in [1.165, 1.54) is 96.3 Å². The summed E-state index contributed by atoms with van der Waals surface area (Å²) in [6, 6.07) is 9.10. The first kappa shape index (κ1) is 30.2. The smallest absolute Gasteiger partial charge is 0.311 e. The Balaban J connectivity index is 1.77. The van der Waals surface area contributed by atoms with E-state index in [0.717, 1.165) is 13.0 Å². The molecule has 0 unspecified atom stereocenters. The van der Waals surface area contributed by atoms with Crippen LogP contribution in [0.5, 0.6) is 5.75 Å². The van der Waals surface area contributed by atoms with Crippen LogP contribution >= 0.6 is 0 Å². The fourth-order valence-electron chi connectivity index (χ4n) is 4.22. The number of nitrogens with one attached hydrogen (secondary N) is 1. The highest BCUT2D eigenvalue weighted by Crippen LogP contribution is 2.14. The predicted molar refractivity (Wildman–Crippen MR) is 143 cm³/mol. The highest BCUT2D eigenvalue weighted by Gasteiger charge is 2.06. The van der Waals surface area contributed by atoms with Crippen molar-refractivity contribution in [3.63, 3.8) is 0 Å². The summed E-state index contributed by atoms with van der Waals surface area (Å²) in [6.07, 6.45) is 24.0. The molecule has 1 aromatic carbocycles. The highest BCUT2D eigenvalue weighted by molar-refractivity contribution is 5.76. The Bertz CT molecular complexity index is 602. The van der Waals surface area contributed by atoms with Crippen LogP contribution in [0.15, 0.2) is 30.3 Å². The van der Waals surface area contributed by atoms with Gasteiger partial charge in [0.2, 0.25) is 5.91 Å². The number of benzene rings is 1. The minimum absolute atomic E-state index is 0.0948. The maximum absolute atomic E-state index is 11.9. The molecule has 4 nitrogen and oxygen atoms in total. The van der Waals surface area contributed by atoms with E-state index >= 15 is 0 Å². The highest BCUT2D eigenvalue weighted by atomic mass is 16.5. The Morgan fingerprint density at radius 1 is 0.618 bits per heavy atom. The number of esters is 1. The summed E-state index contributed by atoms with van der Waals surface area (Å²) in [5.41, 5.74) is 0. The standard InChI is InChI=1S/C30H51NO3/c1-2-3-4-5-6-7-8-9-10-11-12-13-14-15-16-22-27-31-29(32)25-20-21-26-30(33)34-28-23-18-17-19-24-28/h17-19,23-24H,2-16,20-22,25-27H2,1H3,(H,31,32). The molecule has 4 heteroatoms. The van der Waals surface area contributed by atoms with E-state index in [0.29, 0.717) is 31.4 Å². The van der Waals surface area contributed by atoms with Gasteiger partial charge >= 0.3 is 5.97 Å². The molecule has 34 heavy (non-hydrogen) atoms. The Morgan fingerprint density at radius 3 is 1.62 bits per heavy atom. The van der Waals surface area contributed by atoms with Crippen molar-refractivity contribution < 1.29 is 14.3 Å². The van der Waals surface area contributed by atoms with Crippen LogP contribution in [0.3, 0.4) is 0 Å². The molecule has 1 aromatic rings. The molecule has 0 heterocycles. The van der Waals surface area contributed by atoms with Gasteiger partial charge in [0.1, 0.15) is 5.75 Å². The van der Waals surface area contributed by atoms with E-state index in [2.05, 4.69) is 12.2 Å². The molecule has 1 amide bonds. The van der Waals surface area contributed by atoms with E-state index in [4.69, 9.17) is 4.74 Å². The molecular weight excluding hydrogens is 422 g/mol. The largest absolute Gasteiger partial charge is 0.427 e. The van der Waals surface area contributed by atoms with Crippen LogP contribution < -0.4 is 10.1 Å². The van der Waals surface area contributed by atoms with E-state index < -0.39 is 0 Å². The van der Waals surface area contributed by atoms with Crippen LogP contribution in [0.2, 0.25) is 0 Å². The minimum atomic E-state index is -0.236. The van der Waals surface area contributed by atoms with Crippen LogP contribution in [-0.2, 0) is 9.59 Å². The number of carbonyl (C=O) groups excluding carboxylic acids is 2. The van der Waals surface area contributed by atoms with Crippen molar-refractivity contribution in [1.29, 1.82) is 0 Å². The van der Waals surface area contributed by atoms with Gasteiger partial charge in [0, 0.05) is 19.4 Å². The SMILES string of the molecule is CCCCCCCCCCCCCCCCCCNC(=O)CCCCC(=O)Oc1ccccc1. The van der Waals surface area contributed by atoms with Gasteiger partial charge in [0.05, 0.1) is 0 Å². The normalized spacial score (nSPS) is 10.9. The maximum atomic E-state index is 11.9. The molecule has 0 fully saturated rings. The van der Waals surface area contributed by atoms with E-state index in [1.54, 1.807) is 12.1 Å². The second kappa shape index (κ2) is 22.9. The van der Waals surface area contributed by atoms with Gasteiger partial charge < -0.3 is 10.1 Å². The molecular formula is C30H51NO3. The Morgan fingerprint density at radius 2 is 1.09 bits per heavy atom. The van der Waals surface area contributed by atoms with Gasteiger partial charge in [-0.25, -0.2) is 0 Å². The summed E-state index contributed by atoms with van der Waals surface area (Å²) in [5.74, 6) is 0.432. The molecule has 194 valence electrons. The van der Waals surface area contributed by atoms with Crippen LogP contribution in [0.4, 0.5) is 0 Å². The number of amides is 1. The van der Waals surface area contributed by atoms with E-state index in [1.807, 2.05) is 18.2 Å². The molecule has 0 aliphatic heterocycles. The summed E-state index contributed by atoms with van der Waals surface area (Å²) >= 11 is 0. The van der Waals surface area contributed by atoms with Crippen LogP contribution in [0, 0.1) is 0 Å². The van der Waals surface area contributed by atoms with Gasteiger partial charge in [0.25, 0.3) is 0 Å². The lowest BCUT2D eigenvalue weighted by Gasteiger charge is -2.06. The summed E-state index contributed by atoms with van der Waals surface area (Å²) in [4.78, 5) is 23.7. The molecule has 0 saturated heterocycles. The van der Waals surface area contributed by atoms with Gasteiger partial charge in [0.15, 0.2) is 0 Å². The van der Waals surface area contributed by atoms with Gasteiger partial charge in [-0.1, -0.05) is 121 Å². The van der Waals surface area contributed by atoms with E-state index in [-0.39, 0.29) is 11.9 Å². The number of unbranched alkanes of at least 4 members (excludes halogenated alkanes) is 16. The number of carbonyl (C=O) groups is 2. The molecule has 1 N–H and O–H groups in total. The average molecular weight is 474 g/mol. The molecule has 0 spiro atoms. The second-order valence-corrected chi connectivity index (χ2v) is 9.65. The van der Waals surface area contributed by atoms with Gasteiger partial charge in [-0.15, -0.1) is 0 Å². The summed E-state index contributed by atoms with van der Waals surface area (Å²) in [7, 11) is 0. The third kappa shape index (κ3) is 19.6. The molecule has 0 aromatic heterocycles. The quantitative estimate of drug-likeness (QED) is 0.0984. The lowest BCUT2D eigenvalue weighted by molar-refractivity contribution is -0.134. The third-order valence-electron chi connectivity index (χ3n) is 6.36. The van der Waals surface area contributed by atoms with Crippen molar-refractivity contribution in [1.82, 2.24) is 5.32 Å². The summed E-state index contributed by atoms with van der Waals surface area (Å²) in [5, 5.41) is 3.01. The Labute approximate surface area is 209 Å². The number of rotatable bonds is 23. The zero-order chi connectivity index (χ0) is 24.5. The Kier molecular flexibility index (Phi) is 20.4. The lowest BCUT2D eigenvalue weighted by Crippen LogP contribution is -2.24. The van der Waals surface area contributed by atoms with Crippen molar-refractivity contribution in [3.8, 4) is 5.75 Å². The first-order valence-corrected chi connectivity index (χ1v) is 14.2. The van der Waals surface area contributed by atoms with Crippen molar-refractivity contribution in [3.05, 3.63) is 30.3 Å². The monoisotopic (exact) mass is 473 g/mol. The first-order valence-electron chi connectivity index (χ1n) is 14.2. The number of para-hydroxylation sites is 1. The fraction of sp³-hybridized carbons (Fsp3) is 0.733. The van der Waals surface area contributed by atoms with Crippen LogP contribution in [0.25, 0.3) is 0 Å². The first-order chi connectivity index (χ1) is 16.7. The molecule has 0 aliphatic rings. The summed E-state index contributed by atoms with van der Waals surface area (Å²) < 4.78 is 5.25. The molecule has 1 rings (SSSR count). The van der Waals surface area contributed by atoms with E-state index in [9.17, 15) is 9.59 Å². The summed E-state index contributed by atoms with van der Waals surface area (Å²) in [6.45, 7) is 3.05. The van der Waals surface area contributed by atoms with Crippen molar-refractivity contribution in [2.24, 2.45) is 0 Å². The Hall–Kier alpha value is -1.84. The number of hydrogen-bond donors (Lipinski definition) is 1. The zero-order valence-corrected chi connectivity index (χ0v) is 22.0. The van der Waals surface area contributed by atoms with Crippen molar-refractivity contribution in [2.75, 3.05) is 6.54 Å². The topological polar surface area (TPSA) is 55.4 Å². The van der Waals surface area contributed by atoms with Crippen molar-refractivity contribution >= 4 is 11.9 Å². The fourth-order valence-corrected chi connectivity index (χ4v) is 4.22. The zero-order valence-electron chi connectivity index (χ0n) is 22.0. The predicted octanol–water partition coefficient (Wildman–Crippen LogP) is 8.53. The average Bonchev–Trinajstić information content (AvgIpc) is 2.84. The number of ether oxygens (including phenoxy) is 1. The van der Waals surface area contributed by atoms with Crippen molar-refractivity contribution in [2.45, 2.75) is 135 Å². The molecule has 0 bridgehead atoms. The molecule has 0 saturated carbocycles. The minimum Gasteiger partial charge on any atom is -0.427 e. The van der Waals surface area contributed by atoms with Crippen LogP contribution in [-0.4, -0.2) is 18.4 Å². The van der Waals surface area contributed by atoms with Gasteiger partial charge in [-0.3, -0.25) is 9.59 Å². The van der Waals surface area contributed by atoms with Crippen LogP contribution in [0.1, 0.15) is 135 Å². The van der Waals surface area contributed by atoms with Gasteiger partial charge in [-0.2, -0.15) is 0 Å². The lowest BCUT2D eigenvalue weighted by atomic mass is 10.0. The molecule has 0 atom stereocenters.